The van der Waals surface area contributed by atoms with E-state index in [4.69, 9.17) is 4.74 Å². The van der Waals surface area contributed by atoms with Crippen LogP contribution in [0.15, 0.2) is 41.3 Å². The van der Waals surface area contributed by atoms with Gasteiger partial charge in [0.05, 0.1) is 6.54 Å². The van der Waals surface area contributed by atoms with Gasteiger partial charge >= 0.3 is 0 Å². The molecule has 2 aromatic heterocycles. The first-order valence-electron chi connectivity index (χ1n) is 7.52. The molecule has 0 aromatic carbocycles. The Hall–Kier alpha value is -2.70. The molecule has 23 heavy (non-hydrogen) atoms. The minimum atomic E-state index is -0.281. The van der Waals surface area contributed by atoms with E-state index in [-0.39, 0.29) is 24.1 Å². The SMILES string of the molecule is Cc1cccc(O[C@@H]2CCN(C(=O)Cn3ncccc3=O)C2)n1. The molecule has 0 saturated carbocycles. The highest BCUT2D eigenvalue weighted by atomic mass is 16.5. The van der Waals surface area contributed by atoms with Crippen LogP contribution in [0.25, 0.3) is 0 Å². The quantitative estimate of drug-likeness (QED) is 0.827. The van der Waals surface area contributed by atoms with Crippen molar-refractivity contribution in [3.8, 4) is 5.88 Å². The summed E-state index contributed by atoms with van der Waals surface area (Å²) in [5.74, 6) is 0.444. The Morgan fingerprint density at radius 3 is 3.00 bits per heavy atom. The molecule has 0 aliphatic carbocycles. The molecule has 1 amide bonds. The number of likely N-dealkylation sites (tertiary alicyclic amines) is 1. The van der Waals surface area contributed by atoms with Gasteiger partial charge in [0.25, 0.3) is 5.56 Å². The van der Waals surface area contributed by atoms with E-state index in [2.05, 4.69) is 10.1 Å². The van der Waals surface area contributed by atoms with Crippen LogP contribution in [0.3, 0.4) is 0 Å². The van der Waals surface area contributed by atoms with Gasteiger partial charge in [-0.05, 0) is 19.1 Å². The number of hydrogen-bond donors (Lipinski definition) is 0. The highest BCUT2D eigenvalue weighted by Crippen LogP contribution is 2.17. The van der Waals surface area contributed by atoms with Gasteiger partial charge in [-0.15, -0.1) is 0 Å². The molecule has 120 valence electrons. The summed E-state index contributed by atoms with van der Waals surface area (Å²) in [5, 5.41) is 3.90. The lowest BCUT2D eigenvalue weighted by Gasteiger charge is -2.17. The third kappa shape index (κ3) is 3.74. The number of carbonyl (C=O) groups excluding carboxylic acids is 1. The third-order valence-corrected chi connectivity index (χ3v) is 3.72. The van der Waals surface area contributed by atoms with E-state index in [9.17, 15) is 9.59 Å². The van der Waals surface area contributed by atoms with Crippen LogP contribution in [-0.2, 0) is 11.3 Å². The van der Waals surface area contributed by atoms with E-state index in [1.807, 2.05) is 25.1 Å². The van der Waals surface area contributed by atoms with Gasteiger partial charge in [-0.2, -0.15) is 5.10 Å². The molecule has 7 heteroatoms. The Balaban J connectivity index is 1.58. The monoisotopic (exact) mass is 314 g/mol. The maximum atomic E-state index is 12.3. The van der Waals surface area contributed by atoms with Crippen LogP contribution in [-0.4, -0.2) is 44.8 Å². The molecule has 1 atom stereocenters. The van der Waals surface area contributed by atoms with E-state index in [1.54, 1.807) is 11.0 Å². The maximum Gasteiger partial charge on any atom is 0.267 e. The molecule has 1 aliphatic rings. The second-order valence-corrected chi connectivity index (χ2v) is 5.51. The Morgan fingerprint density at radius 2 is 2.22 bits per heavy atom. The number of aromatic nitrogens is 3. The van der Waals surface area contributed by atoms with Crippen molar-refractivity contribution in [1.29, 1.82) is 0 Å². The Labute approximate surface area is 133 Å². The van der Waals surface area contributed by atoms with Gasteiger partial charge in [0.1, 0.15) is 12.6 Å². The van der Waals surface area contributed by atoms with Crippen molar-refractivity contribution in [2.45, 2.75) is 26.0 Å². The summed E-state index contributed by atoms with van der Waals surface area (Å²) in [4.78, 5) is 29.9. The first-order valence-corrected chi connectivity index (χ1v) is 7.52. The van der Waals surface area contributed by atoms with Crippen molar-refractivity contribution in [3.05, 3.63) is 52.6 Å². The largest absolute Gasteiger partial charge is 0.472 e. The van der Waals surface area contributed by atoms with Crippen LogP contribution in [0.4, 0.5) is 0 Å². The number of aryl methyl sites for hydroxylation is 1. The molecule has 0 bridgehead atoms. The first kappa shape index (κ1) is 15.2. The van der Waals surface area contributed by atoms with Gasteiger partial charge in [0.2, 0.25) is 11.8 Å². The van der Waals surface area contributed by atoms with Crippen LogP contribution >= 0.6 is 0 Å². The highest BCUT2D eigenvalue weighted by molar-refractivity contribution is 5.76. The van der Waals surface area contributed by atoms with Crippen LogP contribution in [0.5, 0.6) is 5.88 Å². The van der Waals surface area contributed by atoms with Gasteiger partial charge in [-0.3, -0.25) is 9.59 Å². The summed E-state index contributed by atoms with van der Waals surface area (Å²) in [7, 11) is 0. The molecule has 0 N–H and O–H groups in total. The number of hydrogen-bond acceptors (Lipinski definition) is 5. The molecular weight excluding hydrogens is 296 g/mol. The van der Waals surface area contributed by atoms with Crippen molar-refractivity contribution >= 4 is 5.91 Å². The lowest BCUT2D eigenvalue weighted by atomic mass is 10.3. The fourth-order valence-corrected chi connectivity index (χ4v) is 2.54. The van der Waals surface area contributed by atoms with E-state index in [0.29, 0.717) is 19.0 Å². The second kappa shape index (κ2) is 6.60. The predicted octanol–water partition coefficient (Wildman–Crippen LogP) is 0.627. The van der Waals surface area contributed by atoms with Gasteiger partial charge in [-0.25, -0.2) is 9.67 Å². The number of nitrogens with zero attached hydrogens (tertiary/aromatic N) is 4. The predicted molar refractivity (Wildman–Crippen MR) is 83.1 cm³/mol. The van der Waals surface area contributed by atoms with Gasteiger partial charge in [0, 0.05) is 37.0 Å². The number of amides is 1. The molecular formula is C16H18N4O3. The molecule has 0 unspecified atom stereocenters. The molecule has 3 heterocycles. The number of carbonyl (C=O) groups is 1. The van der Waals surface area contributed by atoms with E-state index < -0.39 is 0 Å². The molecule has 3 rings (SSSR count). The minimum Gasteiger partial charge on any atom is -0.472 e. The zero-order chi connectivity index (χ0) is 16.2. The van der Waals surface area contributed by atoms with Crippen molar-refractivity contribution in [3.63, 3.8) is 0 Å². The number of pyridine rings is 1. The third-order valence-electron chi connectivity index (χ3n) is 3.72. The molecule has 0 radical (unpaired) electrons. The number of ether oxygens (including phenoxy) is 1. The zero-order valence-corrected chi connectivity index (χ0v) is 12.9. The Morgan fingerprint density at radius 1 is 1.35 bits per heavy atom. The molecule has 0 spiro atoms. The highest BCUT2D eigenvalue weighted by Gasteiger charge is 2.28. The molecule has 7 nitrogen and oxygen atoms in total. The second-order valence-electron chi connectivity index (χ2n) is 5.51. The summed E-state index contributed by atoms with van der Waals surface area (Å²) < 4.78 is 6.99. The smallest absolute Gasteiger partial charge is 0.267 e. The maximum absolute atomic E-state index is 12.3. The van der Waals surface area contributed by atoms with Crippen molar-refractivity contribution in [2.24, 2.45) is 0 Å². The van der Waals surface area contributed by atoms with Crippen LogP contribution in [0.2, 0.25) is 0 Å². The van der Waals surface area contributed by atoms with Crippen LogP contribution < -0.4 is 10.3 Å². The van der Waals surface area contributed by atoms with Crippen molar-refractivity contribution < 1.29 is 9.53 Å². The molecule has 1 fully saturated rings. The molecule has 1 aliphatic heterocycles. The Bertz CT molecular complexity index is 759. The first-order chi connectivity index (χ1) is 11.1. The van der Waals surface area contributed by atoms with Crippen LogP contribution in [0.1, 0.15) is 12.1 Å². The van der Waals surface area contributed by atoms with Crippen LogP contribution in [0, 0.1) is 6.92 Å². The summed E-state index contributed by atoms with van der Waals surface area (Å²) in [5.41, 5.74) is 0.611. The minimum absolute atomic E-state index is 0.0465. The summed E-state index contributed by atoms with van der Waals surface area (Å²) >= 11 is 0. The average Bonchev–Trinajstić information content (AvgIpc) is 2.98. The van der Waals surface area contributed by atoms with E-state index >= 15 is 0 Å². The Kier molecular flexibility index (Phi) is 4.36. The topological polar surface area (TPSA) is 77.3 Å². The van der Waals surface area contributed by atoms with E-state index in [0.717, 1.165) is 12.1 Å². The standard InChI is InChI=1S/C16H18N4O3/c1-12-4-2-5-14(18-12)23-13-7-9-19(10-13)16(22)11-20-15(21)6-3-8-17-20/h2-6,8,13H,7,9-11H2,1H3/t13-/m1/s1. The fourth-order valence-electron chi connectivity index (χ4n) is 2.54. The lowest BCUT2D eigenvalue weighted by molar-refractivity contribution is -0.131. The summed E-state index contributed by atoms with van der Waals surface area (Å²) in [6.45, 7) is 2.96. The van der Waals surface area contributed by atoms with E-state index in [1.165, 1.54) is 16.9 Å². The van der Waals surface area contributed by atoms with Gasteiger partial charge in [0.15, 0.2) is 0 Å². The summed E-state index contributed by atoms with van der Waals surface area (Å²) in [6, 6.07) is 8.55. The lowest BCUT2D eigenvalue weighted by Crippen LogP contribution is -2.36. The van der Waals surface area contributed by atoms with Crippen molar-refractivity contribution in [2.75, 3.05) is 13.1 Å². The summed E-state index contributed by atoms with van der Waals surface area (Å²) in [6.07, 6.45) is 2.17. The van der Waals surface area contributed by atoms with Crippen molar-refractivity contribution in [1.82, 2.24) is 19.7 Å². The molecule has 2 aromatic rings. The average molecular weight is 314 g/mol. The molecule has 1 saturated heterocycles. The number of rotatable bonds is 4. The van der Waals surface area contributed by atoms with Gasteiger partial charge in [-0.1, -0.05) is 6.07 Å². The normalized spacial score (nSPS) is 17.3. The zero-order valence-electron chi connectivity index (χ0n) is 12.9. The van der Waals surface area contributed by atoms with Gasteiger partial charge < -0.3 is 9.64 Å². The fraction of sp³-hybridized carbons (Fsp3) is 0.375.